The highest BCUT2D eigenvalue weighted by molar-refractivity contribution is 6.10. The van der Waals surface area contributed by atoms with E-state index in [-0.39, 0.29) is 0 Å². The molecule has 2 aliphatic rings. The Kier molecular flexibility index (Phi) is 6.93. The number of aromatic nitrogens is 1. The number of rotatable bonds is 6. The predicted molar refractivity (Wildman–Crippen MR) is 191 cm³/mol. The van der Waals surface area contributed by atoms with E-state index < -0.39 is 0 Å². The predicted octanol–water partition coefficient (Wildman–Crippen LogP) is 11.3. The van der Waals surface area contributed by atoms with Crippen LogP contribution in [0.5, 0.6) is 0 Å². The van der Waals surface area contributed by atoms with Crippen LogP contribution in [-0.4, -0.2) is 11.6 Å². The van der Waals surface area contributed by atoms with Gasteiger partial charge in [-0.05, 0) is 120 Å². The van der Waals surface area contributed by atoms with E-state index in [1.807, 2.05) is 12.2 Å². The van der Waals surface area contributed by atoms with Gasteiger partial charge < -0.3 is 9.47 Å². The van der Waals surface area contributed by atoms with Crippen LogP contribution in [0.3, 0.4) is 0 Å². The number of allylic oxidation sites excluding steroid dienone is 6. The van der Waals surface area contributed by atoms with Crippen LogP contribution in [0.15, 0.2) is 157 Å². The number of anilines is 2. The van der Waals surface area contributed by atoms with Gasteiger partial charge in [0.2, 0.25) is 0 Å². The molecular weight excluding hydrogens is 544 g/mol. The quantitative estimate of drug-likeness (QED) is 0.141. The zero-order chi connectivity index (χ0) is 30.2. The lowest BCUT2D eigenvalue weighted by molar-refractivity contribution is 0.654. The molecule has 1 heterocycles. The SMILES string of the molecule is CN(c1ccc(C2C=CCCC2)cc1)c1ccc(-c2ccc3c(c2)c2ccccc2n3-c2ccccc2)c(C2=CC=C=C=C2)c1. The average molecular weight is 579 g/mol. The van der Waals surface area contributed by atoms with E-state index in [4.69, 9.17) is 0 Å². The van der Waals surface area contributed by atoms with Crippen molar-refractivity contribution in [3.05, 3.63) is 168 Å². The first-order chi connectivity index (χ1) is 22.2. The van der Waals surface area contributed by atoms with Gasteiger partial charge in [0, 0.05) is 40.8 Å². The molecule has 45 heavy (non-hydrogen) atoms. The van der Waals surface area contributed by atoms with Crippen LogP contribution in [0.4, 0.5) is 11.4 Å². The number of fused-ring (bicyclic) bond motifs is 3. The van der Waals surface area contributed by atoms with E-state index in [1.165, 1.54) is 74.7 Å². The Morgan fingerprint density at radius 3 is 2.31 bits per heavy atom. The maximum Gasteiger partial charge on any atom is 0.0541 e. The van der Waals surface area contributed by atoms with Crippen molar-refractivity contribution in [3.63, 3.8) is 0 Å². The molecule has 1 unspecified atom stereocenters. The van der Waals surface area contributed by atoms with Crippen LogP contribution in [0.2, 0.25) is 0 Å². The van der Waals surface area contributed by atoms with Crippen molar-refractivity contribution in [2.75, 3.05) is 11.9 Å². The number of hydrogen-bond acceptors (Lipinski definition) is 1. The molecule has 0 radical (unpaired) electrons. The monoisotopic (exact) mass is 578 g/mol. The smallest absolute Gasteiger partial charge is 0.0541 e. The summed E-state index contributed by atoms with van der Waals surface area (Å²) in [5.41, 5.74) is 18.3. The largest absolute Gasteiger partial charge is 0.345 e. The number of benzene rings is 5. The second-order valence-electron chi connectivity index (χ2n) is 12.0. The fraction of sp³-hybridized carbons (Fsp3) is 0.116. The molecule has 5 aromatic carbocycles. The first-order valence-electron chi connectivity index (χ1n) is 15.9. The van der Waals surface area contributed by atoms with E-state index in [0.29, 0.717) is 5.92 Å². The number of hydrogen-bond donors (Lipinski definition) is 0. The highest BCUT2D eigenvalue weighted by Crippen LogP contribution is 2.39. The third-order valence-corrected chi connectivity index (χ3v) is 9.32. The second-order valence-corrected chi connectivity index (χ2v) is 12.0. The highest BCUT2D eigenvalue weighted by atomic mass is 15.1. The molecule has 0 amide bonds. The summed E-state index contributed by atoms with van der Waals surface area (Å²) in [7, 11) is 2.16. The minimum Gasteiger partial charge on any atom is -0.345 e. The fourth-order valence-corrected chi connectivity index (χ4v) is 6.93. The Morgan fingerprint density at radius 1 is 0.711 bits per heavy atom. The van der Waals surface area contributed by atoms with Crippen LogP contribution < -0.4 is 4.90 Å². The summed E-state index contributed by atoms with van der Waals surface area (Å²) < 4.78 is 2.37. The van der Waals surface area contributed by atoms with Gasteiger partial charge in [-0.3, -0.25) is 0 Å². The normalized spacial score (nSPS) is 15.6. The van der Waals surface area contributed by atoms with Crippen molar-refractivity contribution < 1.29 is 0 Å². The lowest BCUT2D eigenvalue weighted by Gasteiger charge is -2.23. The zero-order valence-electron chi connectivity index (χ0n) is 25.4. The topological polar surface area (TPSA) is 8.17 Å². The van der Waals surface area contributed by atoms with Crippen molar-refractivity contribution in [2.24, 2.45) is 0 Å². The summed E-state index contributed by atoms with van der Waals surface area (Å²) in [4.78, 5) is 2.28. The van der Waals surface area contributed by atoms with Crippen LogP contribution in [0, 0.1) is 0 Å². The third-order valence-electron chi connectivity index (χ3n) is 9.32. The summed E-state index contributed by atoms with van der Waals surface area (Å²) in [6.07, 6.45) is 14.5. The number of para-hydroxylation sites is 2. The van der Waals surface area contributed by atoms with Gasteiger partial charge in [-0.1, -0.05) is 84.3 Å². The van der Waals surface area contributed by atoms with Crippen molar-refractivity contribution >= 4 is 38.8 Å². The molecule has 0 bridgehead atoms. The maximum atomic E-state index is 3.18. The van der Waals surface area contributed by atoms with Crippen molar-refractivity contribution in [3.8, 4) is 16.8 Å². The molecule has 216 valence electrons. The van der Waals surface area contributed by atoms with E-state index in [9.17, 15) is 0 Å². The summed E-state index contributed by atoms with van der Waals surface area (Å²) in [5, 5.41) is 2.51. The molecule has 0 fully saturated rings. The van der Waals surface area contributed by atoms with Crippen LogP contribution in [0.1, 0.15) is 36.3 Å². The Labute approximate surface area is 264 Å². The van der Waals surface area contributed by atoms with Crippen molar-refractivity contribution in [2.45, 2.75) is 25.2 Å². The minimum absolute atomic E-state index is 0.536. The molecule has 2 nitrogen and oxygen atoms in total. The second kappa shape index (κ2) is 11.5. The summed E-state index contributed by atoms with van der Waals surface area (Å²) >= 11 is 0. The molecule has 0 aliphatic heterocycles. The van der Waals surface area contributed by atoms with E-state index in [0.717, 1.165) is 11.3 Å². The molecule has 0 saturated carbocycles. The molecule has 0 spiro atoms. The zero-order valence-corrected chi connectivity index (χ0v) is 25.4. The van der Waals surface area contributed by atoms with E-state index >= 15 is 0 Å². The molecule has 1 atom stereocenters. The standard InChI is InChI=1S/C43H34N2/c1-44(35-24-21-32(22-25-35)31-13-5-2-6-14-31)37-26-27-38(40(30-37)33-15-7-3-8-16-33)34-23-28-43-41(29-34)39-19-11-12-20-42(39)45(43)36-17-9-4-10-18-36/h4-5,7,9-13,15-31H,2,6,14H2,1H3. The van der Waals surface area contributed by atoms with Gasteiger partial charge in [-0.15, -0.1) is 0 Å². The lowest BCUT2D eigenvalue weighted by Crippen LogP contribution is -2.10. The van der Waals surface area contributed by atoms with Crippen LogP contribution in [0.25, 0.3) is 44.2 Å². The Balaban J connectivity index is 1.22. The number of nitrogens with zero attached hydrogens (tertiary/aromatic N) is 2. The van der Waals surface area contributed by atoms with Crippen molar-refractivity contribution in [1.29, 1.82) is 0 Å². The van der Waals surface area contributed by atoms with E-state index in [1.54, 1.807) is 0 Å². The molecule has 1 aromatic heterocycles. The van der Waals surface area contributed by atoms with E-state index in [2.05, 4.69) is 161 Å². The first-order valence-corrected chi connectivity index (χ1v) is 15.9. The molecule has 2 heteroatoms. The minimum atomic E-state index is 0.536. The Hall–Kier alpha value is -5.52. The van der Waals surface area contributed by atoms with Gasteiger partial charge in [0.05, 0.1) is 11.0 Å². The average Bonchev–Trinajstić information content (AvgIpc) is 3.46. The van der Waals surface area contributed by atoms with Gasteiger partial charge in [0.1, 0.15) is 0 Å². The van der Waals surface area contributed by atoms with Gasteiger partial charge >= 0.3 is 0 Å². The third kappa shape index (κ3) is 4.97. The summed E-state index contributed by atoms with van der Waals surface area (Å²) in [5.74, 6) is 0.536. The van der Waals surface area contributed by atoms with Gasteiger partial charge in [0.15, 0.2) is 0 Å². The fourth-order valence-electron chi connectivity index (χ4n) is 6.93. The van der Waals surface area contributed by atoms with Gasteiger partial charge in [-0.25, -0.2) is 0 Å². The highest BCUT2D eigenvalue weighted by Gasteiger charge is 2.17. The molecule has 8 rings (SSSR count). The van der Waals surface area contributed by atoms with Crippen molar-refractivity contribution in [1.82, 2.24) is 4.57 Å². The molecule has 0 saturated heterocycles. The summed E-state index contributed by atoms with van der Waals surface area (Å²) in [6, 6.07) is 42.2. The summed E-state index contributed by atoms with van der Waals surface area (Å²) in [6.45, 7) is 0. The molecule has 0 N–H and O–H groups in total. The Morgan fingerprint density at radius 2 is 1.51 bits per heavy atom. The molecular formula is C43H34N2. The maximum absolute atomic E-state index is 3.18. The van der Waals surface area contributed by atoms with Gasteiger partial charge in [0.25, 0.3) is 0 Å². The Bertz CT molecular complexity index is 2210. The first kappa shape index (κ1) is 27.1. The molecule has 6 aromatic rings. The molecule has 2 aliphatic carbocycles. The van der Waals surface area contributed by atoms with Gasteiger partial charge in [-0.2, -0.15) is 0 Å². The van der Waals surface area contributed by atoms with Crippen LogP contribution in [-0.2, 0) is 0 Å². The van der Waals surface area contributed by atoms with Crippen LogP contribution >= 0.6 is 0 Å². The lowest BCUT2D eigenvalue weighted by atomic mass is 9.89.